The largest absolute Gasteiger partial charge is 0.456 e. The fraction of sp³-hybridized carbons (Fsp3) is 0. The normalized spacial score (nSPS) is 12.7. The van der Waals surface area contributed by atoms with Crippen molar-refractivity contribution in [1.29, 1.82) is 0 Å². The average Bonchev–Trinajstić information content (AvgIpc) is 3.79. The number of rotatable bonds is 1. The summed E-state index contributed by atoms with van der Waals surface area (Å²) in [4.78, 5) is 10.3. The molecule has 0 atom stereocenters. The number of hydrogen-bond donors (Lipinski definition) is 0. The van der Waals surface area contributed by atoms with Crippen molar-refractivity contribution in [3.8, 4) is 11.1 Å². The van der Waals surface area contributed by atoms with Gasteiger partial charge in [-0.2, -0.15) is 0 Å². The monoisotopic (exact) mass is 549 g/mol. The molecule has 5 nitrogen and oxygen atoms in total. The van der Waals surface area contributed by atoms with Gasteiger partial charge in [0.05, 0.1) is 22.1 Å². The molecule has 0 unspecified atom stereocenters. The van der Waals surface area contributed by atoms with Crippen LogP contribution in [0.4, 0.5) is 0 Å². The van der Waals surface area contributed by atoms with Crippen LogP contribution in [0.3, 0.4) is 0 Å². The third kappa shape index (κ3) is 2.67. The smallest absolute Gasteiger partial charge is 0.165 e. The van der Waals surface area contributed by atoms with Gasteiger partial charge >= 0.3 is 0 Å². The van der Waals surface area contributed by atoms with Crippen LogP contribution in [0.2, 0.25) is 0 Å². The summed E-state index contributed by atoms with van der Waals surface area (Å²) in [6, 6.07) is 40.0. The van der Waals surface area contributed by atoms with Crippen molar-refractivity contribution in [1.82, 2.24) is 14.4 Å². The molecule has 0 aliphatic heterocycles. The maximum absolute atomic E-state index is 6.47. The molecule has 5 heteroatoms. The molecule has 0 saturated heterocycles. The summed E-state index contributed by atoms with van der Waals surface area (Å²) in [6.07, 6.45) is 0. The Morgan fingerprint density at radius 3 is 1.98 bits per heavy atom. The highest BCUT2D eigenvalue weighted by Crippen LogP contribution is 2.46. The first-order valence-corrected chi connectivity index (χ1v) is 14.4. The molecular formula is C38H19N3O2. The fourth-order valence-corrected chi connectivity index (χ4v) is 7.24. The minimum absolute atomic E-state index is 0.863. The van der Waals surface area contributed by atoms with E-state index in [0.29, 0.717) is 0 Å². The zero-order chi connectivity index (χ0) is 27.8. The molecule has 198 valence electrons. The lowest BCUT2D eigenvalue weighted by atomic mass is 9.98. The Morgan fingerprint density at radius 1 is 0.465 bits per heavy atom. The van der Waals surface area contributed by atoms with E-state index in [1.54, 1.807) is 0 Å². The molecule has 0 radical (unpaired) electrons. The Labute approximate surface area is 242 Å². The van der Waals surface area contributed by atoms with Crippen LogP contribution in [0, 0.1) is 0 Å². The average molecular weight is 550 g/mol. The van der Waals surface area contributed by atoms with Gasteiger partial charge in [-0.3, -0.25) is 4.40 Å². The summed E-state index contributed by atoms with van der Waals surface area (Å²) >= 11 is 0. The minimum atomic E-state index is 0.863. The van der Waals surface area contributed by atoms with E-state index < -0.39 is 0 Å². The molecule has 0 aliphatic carbocycles. The van der Waals surface area contributed by atoms with Crippen molar-refractivity contribution < 1.29 is 8.83 Å². The second-order valence-electron chi connectivity index (χ2n) is 11.4. The molecule has 43 heavy (non-hydrogen) atoms. The molecule has 0 bridgehead atoms. The number of aromatic nitrogens is 3. The molecular weight excluding hydrogens is 530 g/mol. The molecule has 0 aliphatic rings. The summed E-state index contributed by atoms with van der Waals surface area (Å²) in [5.74, 6) is 0. The molecule has 11 aromatic rings. The quantitative estimate of drug-likeness (QED) is 0.204. The Balaban J connectivity index is 1.31. The second kappa shape index (κ2) is 7.46. The van der Waals surface area contributed by atoms with Gasteiger partial charge in [-0.05, 0) is 65.7 Å². The van der Waals surface area contributed by atoms with Crippen molar-refractivity contribution in [2.24, 2.45) is 0 Å². The first-order valence-electron chi connectivity index (χ1n) is 14.4. The molecule has 0 spiro atoms. The van der Waals surface area contributed by atoms with Crippen molar-refractivity contribution in [3.63, 3.8) is 0 Å². The number of nitrogens with zero attached hydrogens (tertiary/aromatic N) is 3. The topological polar surface area (TPSA) is 56.5 Å². The van der Waals surface area contributed by atoms with E-state index in [-0.39, 0.29) is 0 Å². The first kappa shape index (κ1) is 21.8. The van der Waals surface area contributed by atoms with E-state index in [1.807, 2.05) is 48.5 Å². The third-order valence-electron chi connectivity index (χ3n) is 9.10. The molecule has 0 amide bonds. The first-order chi connectivity index (χ1) is 21.3. The van der Waals surface area contributed by atoms with Crippen LogP contribution in [0.15, 0.2) is 124 Å². The van der Waals surface area contributed by atoms with Gasteiger partial charge in [-0.25, -0.2) is 9.97 Å². The molecule has 6 aromatic carbocycles. The maximum Gasteiger partial charge on any atom is 0.165 e. The van der Waals surface area contributed by atoms with Gasteiger partial charge in [0.2, 0.25) is 0 Å². The van der Waals surface area contributed by atoms with Crippen LogP contribution in [0.1, 0.15) is 0 Å². The van der Waals surface area contributed by atoms with E-state index in [9.17, 15) is 0 Å². The van der Waals surface area contributed by atoms with Gasteiger partial charge < -0.3 is 8.83 Å². The number of benzene rings is 6. The highest BCUT2D eigenvalue weighted by Gasteiger charge is 2.25. The van der Waals surface area contributed by atoms with Crippen LogP contribution in [-0.2, 0) is 0 Å². The van der Waals surface area contributed by atoms with E-state index >= 15 is 0 Å². The summed E-state index contributed by atoms with van der Waals surface area (Å²) in [5, 5.41) is 7.89. The molecule has 5 aromatic heterocycles. The van der Waals surface area contributed by atoms with Crippen LogP contribution in [0.25, 0.3) is 104 Å². The van der Waals surface area contributed by atoms with Gasteiger partial charge in [0.15, 0.2) is 5.65 Å². The number of furan rings is 2. The molecule has 0 saturated carbocycles. The van der Waals surface area contributed by atoms with Crippen LogP contribution in [-0.4, -0.2) is 14.4 Å². The van der Waals surface area contributed by atoms with Crippen molar-refractivity contribution in [2.45, 2.75) is 0 Å². The summed E-state index contributed by atoms with van der Waals surface area (Å²) in [6.45, 7) is 0. The van der Waals surface area contributed by atoms with Crippen LogP contribution >= 0.6 is 0 Å². The second-order valence-corrected chi connectivity index (χ2v) is 11.4. The fourth-order valence-electron chi connectivity index (χ4n) is 7.24. The molecule has 0 N–H and O–H groups in total. The van der Waals surface area contributed by atoms with E-state index in [2.05, 4.69) is 71.1 Å². The summed E-state index contributed by atoms with van der Waals surface area (Å²) in [5.41, 5.74) is 11.6. The van der Waals surface area contributed by atoms with E-state index in [1.165, 1.54) is 10.8 Å². The number of hydrogen-bond acceptors (Lipinski definition) is 4. The SMILES string of the molecule is c1ccc2nc3c(nc2c1)c1cc2oc4ccccc4c2c2c4cc(-c5ccc6oc7ccccc7c6c5)ccc4n3c12. The zero-order valence-electron chi connectivity index (χ0n) is 22.6. The highest BCUT2D eigenvalue weighted by atomic mass is 16.3. The predicted molar refractivity (Wildman–Crippen MR) is 174 cm³/mol. The lowest BCUT2D eigenvalue weighted by molar-refractivity contribution is 0.669. The van der Waals surface area contributed by atoms with Crippen molar-refractivity contribution >= 4 is 93.3 Å². The summed E-state index contributed by atoms with van der Waals surface area (Å²) < 4.78 is 14.9. The Hall–Kier alpha value is -5.94. The van der Waals surface area contributed by atoms with Gasteiger partial charge in [-0.15, -0.1) is 0 Å². The third-order valence-corrected chi connectivity index (χ3v) is 9.10. The maximum atomic E-state index is 6.47. The summed E-state index contributed by atoms with van der Waals surface area (Å²) in [7, 11) is 0. The zero-order valence-corrected chi connectivity index (χ0v) is 22.6. The minimum Gasteiger partial charge on any atom is -0.456 e. The standard InChI is InChI=1S/C38H19N3O2/c1-5-11-30-22(7-1)24-17-21(14-16-32(24)42-30)20-13-15-29-25(18-20)35-34-23-8-2-6-12-31(23)43-33(34)19-26-36-38(41(29)37(26)35)40-28-10-4-3-9-27(28)39-36/h1-19H. The lowest BCUT2D eigenvalue weighted by Crippen LogP contribution is -1.89. The van der Waals surface area contributed by atoms with E-state index in [4.69, 9.17) is 18.8 Å². The highest BCUT2D eigenvalue weighted by molar-refractivity contribution is 6.34. The Kier molecular flexibility index (Phi) is 3.78. The van der Waals surface area contributed by atoms with Crippen LogP contribution in [0.5, 0.6) is 0 Å². The Bertz CT molecular complexity index is 2960. The van der Waals surface area contributed by atoms with Crippen LogP contribution < -0.4 is 0 Å². The van der Waals surface area contributed by atoms with Gasteiger partial charge in [0.25, 0.3) is 0 Å². The van der Waals surface area contributed by atoms with Crippen molar-refractivity contribution in [2.75, 3.05) is 0 Å². The number of para-hydroxylation sites is 4. The van der Waals surface area contributed by atoms with Gasteiger partial charge in [-0.1, -0.05) is 60.7 Å². The predicted octanol–water partition coefficient (Wildman–Crippen LogP) is 10.2. The molecule has 0 fully saturated rings. The Morgan fingerprint density at radius 2 is 1.12 bits per heavy atom. The molecule has 5 heterocycles. The number of fused-ring (bicyclic) bond motifs is 14. The lowest BCUT2D eigenvalue weighted by Gasteiger charge is -2.05. The molecule has 11 rings (SSSR count). The van der Waals surface area contributed by atoms with Gasteiger partial charge in [0, 0.05) is 37.7 Å². The van der Waals surface area contributed by atoms with E-state index in [0.717, 1.165) is 93.6 Å². The van der Waals surface area contributed by atoms with Gasteiger partial charge in [0.1, 0.15) is 27.8 Å². The van der Waals surface area contributed by atoms with Crippen molar-refractivity contribution in [3.05, 3.63) is 115 Å².